The Bertz CT molecular complexity index is 582. The Kier molecular flexibility index (Phi) is 4.12. The van der Waals surface area contributed by atoms with Gasteiger partial charge in [0.25, 0.3) is 0 Å². The van der Waals surface area contributed by atoms with Crippen molar-refractivity contribution >= 4 is 10.8 Å². The predicted octanol–water partition coefficient (Wildman–Crippen LogP) is 2.84. The Balaban J connectivity index is 2.19. The van der Waals surface area contributed by atoms with Gasteiger partial charge in [0, 0.05) is 4.90 Å². The normalized spacial score (nSPS) is 15.7. The Morgan fingerprint density at radius 2 is 1.84 bits per heavy atom. The third-order valence-corrected chi connectivity index (χ3v) is 4.47. The lowest BCUT2D eigenvalue weighted by Crippen LogP contribution is -2.28. The van der Waals surface area contributed by atoms with Crippen LogP contribution in [-0.4, -0.2) is 15.1 Å². The van der Waals surface area contributed by atoms with Crippen molar-refractivity contribution in [3.05, 3.63) is 66.0 Å². The smallest absolute Gasteiger partial charge is 0.124 e. The van der Waals surface area contributed by atoms with Gasteiger partial charge in [-0.15, -0.1) is 0 Å². The van der Waals surface area contributed by atoms with Crippen molar-refractivity contribution in [3.8, 4) is 0 Å². The lowest BCUT2D eigenvalue weighted by atomic mass is 9.99. The van der Waals surface area contributed by atoms with E-state index in [0.717, 1.165) is 0 Å². The molecule has 1 N–H and O–H groups in total. The van der Waals surface area contributed by atoms with Crippen molar-refractivity contribution in [3.63, 3.8) is 0 Å². The second-order valence-electron chi connectivity index (χ2n) is 4.59. The zero-order chi connectivity index (χ0) is 13.9. The molecule has 0 aliphatic rings. The van der Waals surface area contributed by atoms with Crippen LogP contribution in [0.25, 0.3) is 0 Å². The fourth-order valence-corrected chi connectivity index (χ4v) is 3.15. The Labute approximate surface area is 114 Å². The zero-order valence-electron chi connectivity index (χ0n) is 10.5. The molecule has 2 unspecified atom stereocenters. The van der Waals surface area contributed by atoms with Gasteiger partial charge in [-0.25, -0.2) is 4.39 Å². The molecular weight excluding hydrogens is 263 g/mol. The SMILES string of the molecule is CC(O)(CS(=O)c1cccc(F)c1)c1ccccc1. The molecule has 0 aliphatic heterocycles. The van der Waals surface area contributed by atoms with Gasteiger partial charge in [-0.2, -0.15) is 0 Å². The summed E-state index contributed by atoms with van der Waals surface area (Å²) in [7, 11) is -1.45. The van der Waals surface area contributed by atoms with Crippen LogP contribution >= 0.6 is 0 Å². The van der Waals surface area contributed by atoms with E-state index in [1.807, 2.05) is 18.2 Å². The van der Waals surface area contributed by atoms with Gasteiger partial charge >= 0.3 is 0 Å². The van der Waals surface area contributed by atoms with E-state index >= 15 is 0 Å². The number of rotatable bonds is 4. The summed E-state index contributed by atoms with van der Waals surface area (Å²) in [4.78, 5) is 0.385. The van der Waals surface area contributed by atoms with E-state index < -0.39 is 22.2 Å². The van der Waals surface area contributed by atoms with Crippen LogP contribution in [0.5, 0.6) is 0 Å². The number of aliphatic hydroxyl groups is 1. The first-order chi connectivity index (χ1) is 8.99. The predicted molar refractivity (Wildman–Crippen MR) is 73.7 cm³/mol. The molecule has 100 valence electrons. The van der Waals surface area contributed by atoms with Gasteiger partial charge in [-0.1, -0.05) is 36.4 Å². The third kappa shape index (κ3) is 3.49. The maximum atomic E-state index is 13.1. The van der Waals surface area contributed by atoms with Crippen LogP contribution in [0.3, 0.4) is 0 Å². The van der Waals surface area contributed by atoms with Crippen molar-refractivity contribution in [2.45, 2.75) is 17.4 Å². The lowest BCUT2D eigenvalue weighted by molar-refractivity contribution is 0.0829. The fourth-order valence-electron chi connectivity index (χ4n) is 1.83. The van der Waals surface area contributed by atoms with Crippen LogP contribution in [-0.2, 0) is 16.4 Å². The molecule has 2 rings (SSSR count). The minimum atomic E-state index is -1.45. The lowest BCUT2D eigenvalue weighted by Gasteiger charge is -2.23. The summed E-state index contributed by atoms with van der Waals surface area (Å²) in [6.45, 7) is 1.61. The molecule has 2 nitrogen and oxygen atoms in total. The van der Waals surface area contributed by atoms with Crippen LogP contribution in [0.2, 0.25) is 0 Å². The van der Waals surface area contributed by atoms with Gasteiger partial charge in [-0.3, -0.25) is 4.21 Å². The van der Waals surface area contributed by atoms with Crippen LogP contribution < -0.4 is 0 Å². The molecule has 0 heterocycles. The zero-order valence-corrected chi connectivity index (χ0v) is 11.4. The van der Waals surface area contributed by atoms with Crippen molar-refractivity contribution in [2.24, 2.45) is 0 Å². The molecule has 0 amide bonds. The summed E-state index contributed by atoms with van der Waals surface area (Å²) in [6.07, 6.45) is 0. The van der Waals surface area contributed by atoms with E-state index in [4.69, 9.17) is 0 Å². The quantitative estimate of drug-likeness (QED) is 0.933. The molecule has 0 spiro atoms. The number of benzene rings is 2. The summed E-state index contributed by atoms with van der Waals surface area (Å²) >= 11 is 0. The van der Waals surface area contributed by atoms with Crippen molar-refractivity contribution in [2.75, 3.05) is 5.75 Å². The molecule has 2 aromatic carbocycles. The standard InChI is InChI=1S/C15H15FO2S/c1-15(17,12-6-3-2-4-7-12)11-19(18)14-9-5-8-13(16)10-14/h2-10,17H,11H2,1H3. The Morgan fingerprint density at radius 3 is 2.47 bits per heavy atom. The van der Waals surface area contributed by atoms with Gasteiger partial charge in [0.15, 0.2) is 0 Å². The maximum Gasteiger partial charge on any atom is 0.124 e. The summed E-state index contributed by atoms with van der Waals surface area (Å²) < 4.78 is 25.3. The van der Waals surface area contributed by atoms with Gasteiger partial charge < -0.3 is 5.11 Å². The molecule has 0 aromatic heterocycles. The van der Waals surface area contributed by atoms with Crippen LogP contribution in [0, 0.1) is 5.82 Å². The maximum absolute atomic E-state index is 13.1. The highest BCUT2D eigenvalue weighted by Gasteiger charge is 2.26. The highest BCUT2D eigenvalue weighted by molar-refractivity contribution is 7.85. The molecular formula is C15H15FO2S. The fraction of sp³-hybridized carbons (Fsp3) is 0.200. The van der Waals surface area contributed by atoms with Gasteiger partial charge in [0.1, 0.15) is 5.82 Å². The molecule has 0 saturated heterocycles. The molecule has 19 heavy (non-hydrogen) atoms. The van der Waals surface area contributed by atoms with E-state index in [9.17, 15) is 13.7 Å². The highest BCUT2D eigenvalue weighted by atomic mass is 32.2. The topological polar surface area (TPSA) is 37.3 Å². The van der Waals surface area contributed by atoms with Crippen LogP contribution in [0.4, 0.5) is 4.39 Å². The van der Waals surface area contributed by atoms with E-state index in [1.165, 1.54) is 18.2 Å². The van der Waals surface area contributed by atoms with Crippen molar-refractivity contribution < 1.29 is 13.7 Å². The van der Waals surface area contributed by atoms with Crippen LogP contribution in [0.1, 0.15) is 12.5 Å². The molecule has 4 heteroatoms. The van der Waals surface area contributed by atoms with Crippen molar-refractivity contribution in [1.29, 1.82) is 0 Å². The monoisotopic (exact) mass is 278 g/mol. The van der Waals surface area contributed by atoms with E-state index in [2.05, 4.69) is 0 Å². The molecule has 0 bridgehead atoms. The average Bonchev–Trinajstić information content (AvgIpc) is 2.39. The minimum Gasteiger partial charge on any atom is -0.384 e. The van der Waals surface area contributed by atoms with E-state index in [1.54, 1.807) is 25.1 Å². The average molecular weight is 278 g/mol. The Hall–Kier alpha value is -1.52. The van der Waals surface area contributed by atoms with Crippen molar-refractivity contribution in [1.82, 2.24) is 0 Å². The van der Waals surface area contributed by atoms with Gasteiger partial charge in [-0.05, 0) is 30.7 Å². The Morgan fingerprint density at radius 1 is 1.16 bits per heavy atom. The van der Waals surface area contributed by atoms with Gasteiger partial charge in [0.05, 0.1) is 22.2 Å². The minimum absolute atomic E-state index is 0.0282. The molecule has 0 radical (unpaired) electrons. The molecule has 2 atom stereocenters. The summed E-state index contributed by atoms with van der Waals surface area (Å²) in [5, 5.41) is 10.4. The first kappa shape index (κ1) is 13.9. The molecule has 0 aliphatic carbocycles. The molecule has 2 aromatic rings. The number of hydrogen-bond donors (Lipinski definition) is 1. The van der Waals surface area contributed by atoms with E-state index in [0.29, 0.717) is 10.5 Å². The largest absolute Gasteiger partial charge is 0.384 e. The summed E-state index contributed by atoms with van der Waals surface area (Å²) in [6, 6.07) is 14.7. The third-order valence-electron chi connectivity index (χ3n) is 2.87. The second-order valence-corrected chi connectivity index (χ2v) is 6.04. The number of halogens is 1. The first-order valence-electron chi connectivity index (χ1n) is 5.91. The second kappa shape index (κ2) is 5.63. The summed E-state index contributed by atoms with van der Waals surface area (Å²) in [5.74, 6) is -0.397. The summed E-state index contributed by atoms with van der Waals surface area (Å²) in [5.41, 5.74) is -0.516. The first-order valence-corrected chi connectivity index (χ1v) is 7.23. The van der Waals surface area contributed by atoms with Crippen LogP contribution in [0.15, 0.2) is 59.5 Å². The van der Waals surface area contributed by atoms with Gasteiger partial charge in [0.2, 0.25) is 0 Å². The molecule has 0 fully saturated rings. The molecule has 0 saturated carbocycles. The number of hydrogen-bond acceptors (Lipinski definition) is 2. The highest BCUT2D eigenvalue weighted by Crippen LogP contribution is 2.23. The van der Waals surface area contributed by atoms with E-state index in [-0.39, 0.29) is 5.75 Å².